The lowest BCUT2D eigenvalue weighted by atomic mass is 10.1. The van der Waals surface area contributed by atoms with Gasteiger partial charge in [-0.25, -0.2) is 9.59 Å². The summed E-state index contributed by atoms with van der Waals surface area (Å²) in [6.45, 7) is 6.86. The van der Waals surface area contributed by atoms with E-state index < -0.39 is 17.7 Å². The number of hydrogen-bond acceptors (Lipinski definition) is 6. The number of nitrogens with one attached hydrogen (secondary N) is 2. The zero-order valence-electron chi connectivity index (χ0n) is 14.7. The molecule has 1 aliphatic heterocycles. The van der Waals surface area contributed by atoms with Crippen LogP contribution in [-0.4, -0.2) is 29.7 Å². The molecule has 1 fully saturated rings. The average molecular weight is 346 g/mol. The van der Waals surface area contributed by atoms with E-state index >= 15 is 0 Å². The summed E-state index contributed by atoms with van der Waals surface area (Å²) in [5.74, 6) is -3.00. The second kappa shape index (κ2) is 7.38. The standard InChI is InChI=1S/C18H22N2O5/c1-5-11(2)20-15(21)12-7-6-8-13(9-12)19-10-14-16(22)24-18(3,4)25-17(14)23/h6-11,19H,5H2,1-4H3,(H,20,21). The van der Waals surface area contributed by atoms with Crippen molar-refractivity contribution in [3.05, 3.63) is 41.6 Å². The Kier molecular flexibility index (Phi) is 5.46. The maximum atomic E-state index is 12.1. The Morgan fingerprint density at radius 3 is 2.48 bits per heavy atom. The van der Waals surface area contributed by atoms with Crippen molar-refractivity contribution < 1.29 is 23.9 Å². The van der Waals surface area contributed by atoms with Gasteiger partial charge in [-0.1, -0.05) is 13.0 Å². The van der Waals surface area contributed by atoms with Gasteiger partial charge >= 0.3 is 11.9 Å². The Hall–Kier alpha value is -2.83. The first-order chi connectivity index (χ1) is 11.7. The van der Waals surface area contributed by atoms with E-state index in [1.54, 1.807) is 24.3 Å². The van der Waals surface area contributed by atoms with Gasteiger partial charge in [0.15, 0.2) is 5.57 Å². The number of hydrogen-bond donors (Lipinski definition) is 2. The summed E-state index contributed by atoms with van der Waals surface area (Å²) < 4.78 is 10.0. The summed E-state index contributed by atoms with van der Waals surface area (Å²) in [6, 6.07) is 6.79. The Balaban J connectivity index is 2.11. The fourth-order valence-corrected chi connectivity index (χ4v) is 2.09. The maximum absolute atomic E-state index is 12.1. The van der Waals surface area contributed by atoms with E-state index in [0.717, 1.165) is 6.42 Å². The van der Waals surface area contributed by atoms with E-state index in [0.29, 0.717) is 11.3 Å². The Labute approximate surface area is 146 Å². The summed E-state index contributed by atoms with van der Waals surface area (Å²) in [7, 11) is 0. The summed E-state index contributed by atoms with van der Waals surface area (Å²) in [6.07, 6.45) is 2.04. The van der Waals surface area contributed by atoms with E-state index in [1.165, 1.54) is 20.0 Å². The molecule has 1 aromatic rings. The van der Waals surface area contributed by atoms with E-state index in [4.69, 9.17) is 9.47 Å². The first-order valence-electron chi connectivity index (χ1n) is 8.06. The van der Waals surface area contributed by atoms with Crippen LogP contribution in [0.3, 0.4) is 0 Å². The molecule has 0 saturated carbocycles. The van der Waals surface area contributed by atoms with Crippen LogP contribution in [0, 0.1) is 0 Å². The van der Waals surface area contributed by atoms with Gasteiger partial charge in [0.2, 0.25) is 0 Å². The lowest BCUT2D eigenvalue weighted by Gasteiger charge is -2.29. The molecule has 1 aromatic carbocycles. The van der Waals surface area contributed by atoms with E-state index in [-0.39, 0.29) is 17.5 Å². The Bertz CT molecular complexity index is 702. The second-order valence-corrected chi connectivity index (χ2v) is 6.24. The predicted molar refractivity (Wildman–Crippen MR) is 91.6 cm³/mol. The van der Waals surface area contributed by atoms with Crippen LogP contribution in [-0.2, 0) is 19.1 Å². The van der Waals surface area contributed by atoms with E-state index in [2.05, 4.69) is 10.6 Å². The molecule has 1 saturated heterocycles. The molecule has 7 heteroatoms. The minimum absolute atomic E-state index is 0.0707. The van der Waals surface area contributed by atoms with Gasteiger partial charge in [-0.2, -0.15) is 0 Å². The van der Waals surface area contributed by atoms with Crippen LogP contribution in [0.1, 0.15) is 44.5 Å². The Morgan fingerprint density at radius 1 is 1.24 bits per heavy atom. The molecule has 25 heavy (non-hydrogen) atoms. The molecule has 7 nitrogen and oxygen atoms in total. The fourth-order valence-electron chi connectivity index (χ4n) is 2.09. The third-order valence-corrected chi connectivity index (χ3v) is 3.61. The average Bonchev–Trinajstić information content (AvgIpc) is 2.53. The van der Waals surface area contributed by atoms with Gasteiger partial charge in [0.25, 0.3) is 11.7 Å². The summed E-state index contributed by atoms with van der Waals surface area (Å²) >= 11 is 0. The van der Waals surface area contributed by atoms with Gasteiger partial charge < -0.3 is 20.1 Å². The third kappa shape index (κ3) is 4.82. The van der Waals surface area contributed by atoms with Crippen molar-refractivity contribution in [1.29, 1.82) is 0 Å². The molecule has 1 aliphatic rings. The van der Waals surface area contributed by atoms with Crippen LogP contribution in [0.5, 0.6) is 0 Å². The molecule has 1 amide bonds. The number of ether oxygens (including phenoxy) is 2. The number of cyclic esters (lactones) is 2. The topological polar surface area (TPSA) is 93.7 Å². The predicted octanol–water partition coefficient (Wildman–Crippen LogP) is 2.35. The number of carbonyl (C=O) groups excluding carboxylic acids is 3. The van der Waals surface area contributed by atoms with Crippen LogP contribution in [0.4, 0.5) is 5.69 Å². The van der Waals surface area contributed by atoms with Crippen molar-refractivity contribution in [2.75, 3.05) is 5.32 Å². The smallest absolute Gasteiger partial charge is 0.350 e. The molecular formula is C18H22N2O5. The van der Waals surface area contributed by atoms with Crippen molar-refractivity contribution in [2.45, 2.75) is 45.9 Å². The normalized spacial score (nSPS) is 17.2. The quantitative estimate of drug-likeness (QED) is 0.483. The molecular weight excluding hydrogens is 324 g/mol. The monoisotopic (exact) mass is 346 g/mol. The zero-order valence-corrected chi connectivity index (χ0v) is 14.7. The molecule has 0 aliphatic carbocycles. The highest BCUT2D eigenvalue weighted by atomic mass is 16.7. The molecule has 1 unspecified atom stereocenters. The number of carbonyl (C=O) groups is 3. The van der Waals surface area contributed by atoms with Crippen molar-refractivity contribution in [3.8, 4) is 0 Å². The Morgan fingerprint density at radius 2 is 1.88 bits per heavy atom. The van der Waals surface area contributed by atoms with Crippen molar-refractivity contribution in [3.63, 3.8) is 0 Å². The molecule has 0 spiro atoms. The number of rotatable bonds is 5. The van der Waals surface area contributed by atoms with Crippen LogP contribution in [0.25, 0.3) is 0 Å². The van der Waals surface area contributed by atoms with Crippen LogP contribution < -0.4 is 10.6 Å². The number of anilines is 1. The highest BCUT2D eigenvalue weighted by molar-refractivity contribution is 6.15. The number of benzene rings is 1. The van der Waals surface area contributed by atoms with E-state index in [9.17, 15) is 14.4 Å². The maximum Gasteiger partial charge on any atom is 0.350 e. The molecule has 2 N–H and O–H groups in total. The molecule has 1 atom stereocenters. The number of esters is 2. The molecule has 1 heterocycles. The second-order valence-electron chi connectivity index (χ2n) is 6.24. The summed E-state index contributed by atoms with van der Waals surface area (Å²) in [4.78, 5) is 35.9. The largest absolute Gasteiger partial charge is 0.419 e. The minimum atomic E-state index is -1.28. The van der Waals surface area contributed by atoms with Crippen LogP contribution in [0.15, 0.2) is 36.0 Å². The van der Waals surface area contributed by atoms with Crippen LogP contribution in [0.2, 0.25) is 0 Å². The highest BCUT2D eigenvalue weighted by Crippen LogP contribution is 2.22. The number of amides is 1. The first-order valence-corrected chi connectivity index (χ1v) is 8.06. The highest BCUT2D eigenvalue weighted by Gasteiger charge is 2.38. The van der Waals surface area contributed by atoms with Gasteiger partial charge in [0, 0.05) is 37.3 Å². The van der Waals surface area contributed by atoms with Crippen molar-refractivity contribution >= 4 is 23.5 Å². The zero-order chi connectivity index (χ0) is 18.6. The summed E-state index contributed by atoms with van der Waals surface area (Å²) in [5, 5.41) is 5.69. The van der Waals surface area contributed by atoms with Gasteiger partial charge in [-0.3, -0.25) is 4.79 Å². The van der Waals surface area contributed by atoms with Gasteiger partial charge in [-0.15, -0.1) is 0 Å². The van der Waals surface area contributed by atoms with Crippen molar-refractivity contribution in [1.82, 2.24) is 5.32 Å². The molecule has 0 radical (unpaired) electrons. The van der Waals surface area contributed by atoms with Crippen LogP contribution >= 0.6 is 0 Å². The minimum Gasteiger partial charge on any atom is -0.419 e. The van der Waals surface area contributed by atoms with Gasteiger partial charge in [-0.05, 0) is 31.5 Å². The lowest BCUT2D eigenvalue weighted by molar-refractivity contribution is -0.222. The molecule has 0 bridgehead atoms. The first kappa shape index (κ1) is 18.5. The molecule has 134 valence electrons. The SMILES string of the molecule is CCC(C)NC(=O)c1cccc(NC=C2C(=O)OC(C)(C)OC2=O)c1. The lowest BCUT2D eigenvalue weighted by Crippen LogP contribution is -2.42. The van der Waals surface area contributed by atoms with Crippen molar-refractivity contribution in [2.24, 2.45) is 0 Å². The molecule has 2 rings (SSSR count). The van der Waals surface area contributed by atoms with Gasteiger partial charge in [0.05, 0.1) is 0 Å². The van der Waals surface area contributed by atoms with Gasteiger partial charge in [0.1, 0.15) is 0 Å². The van der Waals surface area contributed by atoms with E-state index in [1.807, 2.05) is 13.8 Å². The fraction of sp³-hybridized carbons (Fsp3) is 0.389. The molecule has 0 aromatic heterocycles. The third-order valence-electron chi connectivity index (χ3n) is 3.61. The summed E-state index contributed by atoms with van der Waals surface area (Å²) in [5.41, 5.74) is 0.780.